The quantitative estimate of drug-likeness (QED) is 0.586. The van der Waals surface area contributed by atoms with Gasteiger partial charge in [-0.2, -0.15) is 0 Å². The van der Waals surface area contributed by atoms with Gasteiger partial charge in [0, 0.05) is 5.38 Å². The van der Waals surface area contributed by atoms with Gasteiger partial charge in [0.25, 0.3) is 0 Å². The van der Waals surface area contributed by atoms with Crippen molar-refractivity contribution in [2.24, 2.45) is 5.92 Å². The van der Waals surface area contributed by atoms with Crippen LogP contribution in [0.2, 0.25) is 0 Å². The summed E-state index contributed by atoms with van der Waals surface area (Å²) in [6, 6.07) is 0. The molecule has 0 fully saturated rings. The van der Waals surface area contributed by atoms with Crippen LogP contribution in [-0.2, 0) is 19.1 Å². The number of esters is 2. The summed E-state index contributed by atoms with van der Waals surface area (Å²) in [5.74, 6) is -1.59. The molecule has 0 radical (unpaired) electrons. The van der Waals surface area contributed by atoms with Gasteiger partial charge in [0.05, 0.1) is 18.9 Å². The van der Waals surface area contributed by atoms with E-state index in [1.807, 2.05) is 5.38 Å². The van der Waals surface area contributed by atoms with Crippen molar-refractivity contribution in [1.82, 2.24) is 4.98 Å². The Balaban J connectivity index is 2.22. The first-order chi connectivity index (χ1) is 11.1. The van der Waals surface area contributed by atoms with Crippen LogP contribution in [0.25, 0.3) is 5.57 Å². The van der Waals surface area contributed by atoms with E-state index in [2.05, 4.69) is 18.0 Å². The molecule has 5 nitrogen and oxygen atoms in total. The number of ether oxygens (including phenoxy) is 2. The molecule has 23 heavy (non-hydrogen) atoms. The van der Waals surface area contributed by atoms with E-state index in [4.69, 9.17) is 9.47 Å². The number of hydrogen-bond acceptors (Lipinski definition) is 6. The molecule has 1 aromatic rings. The van der Waals surface area contributed by atoms with E-state index in [0.29, 0.717) is 10.9 Å². The second-order valence-corrected chi connectivity index (χ2v) is 6.51. The molecule has 0 aromatic carbocycles. The average molecular weight is 337 g/mol. The Morgan fingerprint density at radius 3 is 2.48 bits per heavy atom. The summed E-state index contributed by atoms with van der Waals surface area (Å²) in [5, 5.41) is 2.35. The first-order valence-electron chi connectivity index (χ1n) is 8.04. The van der Waals surface area contributed by atoms with E-state index in [9.17, 15) is 9.59 Å². The molecule has 0 saturated heterocycles. The molecule has 0 N–H and O–H groups in total. The minimum atomic E-state index is -1.09. The number of thiazole rings is 1. The summed E-state index contributed by atoms with van der Waals surface area (Å²) < 4.78 is 10.0. The third-order valence-electron chi connectivity index (χ3n) is 3.82. The van der Waals surface area contributed by atoms with Gasteiger partial charge in [-0.15, -0.1) is 11.3 Å². The van der Waals surface area contributed by atoms with Crippen LogP contribution in [-0.4, -0.2) is 30.1 Å². The molecule has 0 bridgehead atoms. The second kappa shape index (κ2) is 8.24. The Labute approximate surface area is 140 Å². The molecule has 1 aliphatic carbocycles. The summed E-state index contributed by atoms with van der Waals surface area (Å²) in [4.78, 5) is 28.7. The lowest BCUT2D eigenvalue weighted by atomic mass is 9.90. The topological polar surface area (TPSA) is 65.5 Å². The maximum absolute atomic E-state index is 12.1. The van der Waals surface area contributed by atoms with Gasteiger partial charge in [-0.1, -0.05) is 13.0 Å². The molecule has 0 aliphatic heterocycles. The van der Waals surface area contributed by atoms with Gasteiger partial charge in [-0.3, -0.25) is 9.59 Å². The maximum atomic E-state index is 12.1. The Morgan fingerprint density at radius 1 is 1.30 bits per heavy atom. The van der Waals surface area contributed by atoms with Gasteiger partial charge in [0.1, 0.15) is 5.01 Å². The summed E-state index contributed by atoms with van der Waals surface area (Å²) in [7, 11) is 0. The van der Waals surface area contributed by atoms with Crippen LogP contribution in [0.5, 0.6) is 0 Å². The lowest BCUT2D eigenvalue weighted by Gasteiger charge is -2.16. The van der Waals surface area contributed by atoms with Crippen LogP contribution in [0.4, 0.5) is 0 Å². The molecule has 126 valence electrons. The van der Waals surface area contributed by atoms with Crippen LogP contribution < -0.4 is 0 Å². The predicted octanol–water partition coefficient (Wildman–Crippen LogP) is 3.56. The highest BCUT2D eigenvalue weighted by Gasteiger charge is 2.34. The Hall–Kier alpha value is -1.69. The van der Waals surface area contributed by atoms with E-state index in [0.717, 1.165) is 25.0 Å². The standard InChI is InChI=1S/C17H23NO4S/c1-4-21-16(19)14(17(20)22-5-2)15-18-13(10-23-15)12-8-6-11(3)7-9-12/h8,10-11,14H,4-7,9H2,1-3H3. The molecular formula is C17H23NO4S. The van der Waals surface area contributed by atoms with Crippen LogP contribution >= 0.6 is 11.3 Å². The van der Waals surface area contributed by atoms with E-state index >= 15 is 0 Å². The van der Waals surface area contributed by atoms with E-state index in [-0.39, 0.29) is 13.2 Å². The Bertz CT molecular complexity index is 575. The third kappa shape index (κ3) is 4.41. The first kappa shape index (κ1) is 17.7. The van der Waals surface area contributed by atoms with Crippen molar-refractivity contribution in [2.45, 2.75) is 46.0 Å². The van der Waals surface area contributed by atoms with Crippen LogP contribution in [0.1, 0.15) is 56.7 Å². The van der Waals surface area contributed by atoms with E-state index in [1.54, 1.807) is 13.8 Å². The van der Waals surface area contributed by atoms with Gasteiger partial charge in [0.2, 0.25) is 5.92 Å². The molecule has 1 heterocycles. The zero-order valence-corrected chi connectivity index (χ0v) is 14.6. The Morgan fingerprint density at radius 2 is 1.96 bits per heavy atom. The summed E-state index contributed by atoms with van der Waals surface area (Å²) >= 11 is 1.31. The predicted molar refractivity (Wildman–Crippen MR) is 89.1 cm³/mol. The summed E-state index contributed by atoms with van der Waals surface area (Å²) in [6.45, 7) is 6.09. The average Bonchev–Trinajstić information content (AvgIpc) is 2.98. The van der Waals surface area contributed by atoms with Crippen LogP contribution in [0.3, 0.4) is 0 Å². The minimum Gasteiger partial charge on any atom is -0.465 e. The molecule has 1 aromatic heterocycles. The van der Waals surface area contributed by atoms with Crippen LogP contribution in [0.15, 0.2) is 11.5 Å². The molecule has 1 aliphatic rings. The lowest BCUT2D eigenvalue weighted by molar-refractivity contribution is -0.156. The summed E-state index contributed by atoms with van der Waals surface area (Å²) in [6.07, 6.45) is 5.36. The number of hydrogen-bond donors (Lipinski definition) is 0. The smallest absolute Gasteiger partial charge is 0.327 e. The molecule has 2 rings (SSSR count). The number of rotatable bonds is 6. The second-order valence-electron chi connectivity index (χ2n) is 5.62. The van der Waals surface area contributed by atoms with Gasteiger partial charge in [0.15, 0.2) is 0 Å². The van der Waals surface area contributed by atoms with E-state index < -0.39 is 17.9 Å². The first-order valence-corrected chi connectivity index (χ1v) is 8.92. The Kier molecular flexibility index (Phi) is 6.33. The molecule has 0 spiro atoms. The van der Waals surface area contributed by atoms with E-state index in [1.165, 1.54) is 16.9 Å². The molecule has 6 heteroatoms. The van der Waals surface area contributed by atoms with Crippen LogP contribution in [0, 0.1) is 5.92 Å². The van der Waals surface area contributed by atoms with Gasteiger partial charge >= 0.3 is 11.9 Å². The molecule has 1 unspecified atom stereocenters. The lowest BCUT2D eigenvalue weighted by Crippen LogP contribution is -2.26. The van der Waals surface area contributed by atoms with Crippen molar-refractivity contribution in [3.05, 3.63) is 22.2 Å². The van der Waals surface area contributed by atoms with Gasteiger partial charge < -0.3 is 9.47 Å². The zero-order chi connectivity index (χ0) is 16.8. The van der Waals surface area contributed by atoms with Crippen molar-refractivity contribution in [3.63, 3.8) is 0 Å². The van der Waals surface area contributed by atoms with Gasteiger partial charge in [-0.25, -0.2) is 4.98 Å². The number of carbonyl (C=O) groups is 2. The molecule has 0 amide bonds. The largest absolute Gasteiger partial charge is 0.465 e. The van der Waals surface area contributed by atoms with Crippen molar-refractivity contribution >= 4 is 28.8 Å². The highest BCUT2D eigenvalue weighted by Crippen LogP contribution is 2.32. The highest BCUT2D eigenvalue weighted by molar-refractivity contribution is 7.10. The maximum Gasteiger partial charge on any atom is 0.327 e. The normalized spacial score (nSPS) is 17.7. The number of nitrogens with zero attached hydrogens (tertiary/aromatic N) is 1. The fourth-order valence-corrected chi connectivity index (χ4v) is 3.43. The molecule has 1 atom stereocenters. The number of carbonyl (C=O) groups excluding carboxylic acids is 2. The molecular weight excluding hydrogens is 314 g/mol. The van der Waals surface area contributed by atoms with Crippen molar-refractivity contribution in [2.75, 3.05) is 13.2 Å². The number of aromatic nitrogens is 1. The fraction of sp³-hybridized carbons (Fsp3) is 0.588. The third-order valence-corrected chi connectivity index (χ3v) is 4.73. The number of allylic oxidation sites excluding steroid dienone is 2. The van der Waals surface area contributed by atoms with Gasteiger partial charge in [-0.05, 0) is 44.6 Å². The van der Waals surface area contributed by atoms with Crippen molar-refractivity contribution in [1.29, 1.82) is 0 Å². The molecule has 0 saturated carbocycles. The summed E-state index contributed by atoms with van der Waals surface area (Å²) in [5.41, 5.74) is 2.05. The van der Waals surface area contributed by atoms with Crippen molar-refractivity contribution in [3.8, 4) is 0 Å². The highest BCUT2D eigenvalue weighted by atomic mass is 32.1. The van der Waals surface area contributed by atoms with Crippen molar-refractivity contribution < 1.29 is 19.1 Å². The monoisotopic (exact) mass is 337 g/mol. The zero-order valence-electron chi connectivity index (χ0n) is 13.8. The SMILES string of the molecule is CCOC(=O)C(C(=O)OCC)c1nc(C2=CCC(C)CC2)cs1. The minimum absolute atomic E-state index is 0.218. The fourth-order valence-electron chi connectivity index (χ4n) is 2.51.